The fourth-order valence-corrected chi connectivity index (χ4v) is 2.13. The molecule has 0 amide bonds. The van der Waals surface area contributed by atoms with Crippen LogP contribution in [0.5, 0.6) is 17.2 Å². The molecule has 5 heteroatoms. The maximum absolute atomic E-state index is 11.0. The molecule has 0 N–H and O–H groups in total. The predicted molar refractivity (Wildman–Crippen MR) is 80.7 cm³/mol. The van der Waals surface area contributed by atoms with Crippen molar-refractivity contribution in [1.29, 1.82) is 0 Å². The van der Waals surface area contributed by atoms with Gasteiger partial charge in [0.05, 0.1) is 24.8 Å². The molecule has 2 aromatic carbocycles. The van der Waals surface area contributed by atoms with Gasteiger partial charge in [0.15, 0.2) is 17.8 Å². The summed E-state index contributed by atoms with van der Waals surface area (Å²) in [6.45, 7) is 0.269. The van der Waals surface area contributed by atoms with Crippen LogP contribution in [0.4, 0.5) is 0 Å². The molecule has 110 valence electrons. The first-order valence-electron chi connectivity index (χ1n) is 6.27. The van der Waals surface area contributed by atoms with Crippen molar-refractivity contribution in [3.63, 3.8) is 0 Å². The summed E-state index contributed by atoms with van der Waals surface area (Å²) in [5, 5.41) is 0.403. The van der Waals surface area contributed by atoms with Gasteiger partial charge in [-0.05, 0) is 29.8 Å². The Morgan fingerprint density at radius 1 is 1.10 bits per heavy atom. The summed E-state index contributed by atoms with van der Waals surface area (Å²) >= 11 is 6.05. The molecule has 0 saturated carbocycles. The molecule has 0 unspecified atom stereocenters. The van der Waals surface area contributed by atoms with Gasteiger partial charge in [-0.2, -0.15) is 0 Å². The molecule has 4 nitrogen and oxygen atoms in total. The zero-order chi connectivity index (χ0) is 15.2. The average Bonchev–Trinajstić information content (AvgIpc) is 2.53. The van der Waals surface area contributed by atoms with E-state index in [1.807, 2.05) is 12.1 Å². The number of methoxy groups -OCH3 is 2. The first kappa shape index (κ1) is 15.2. The fraction of sp³-hybridized carbons (Fsp3) is 0.188. The van der Waals surface area contributed by atoms with Gasteiger partial charge in [0, 0.05) is 0 Å². The van der Waals surface area contributed by atoms with Gasteiger partial charge in [-0.15, -0.1) is 0 Å². The standard InChI is InChI=1S/C16H15ClO4/c1-19-14-7-6-11(8-15(14)20-2)10-21-16-12(9-18)4-3-5-13(16)17/h3-9H,10H2,1-2H3. The SMILES string of the molecule is COc1ccc(COc2c(Cl)cccc2C=O)cc1OC. The quantitative estimate of drug-likeness (QED) is 0.762. The van der Waals surface area contributed by atoms with Crippen molar-refractivity contribution in [1.82, 2.24) is 0 Å². The molecular weight excluding hydrogens is 292 g/mol. The first-order chi connectivity index (χ1) is 10.2. The second kappa shape index (κ2) is 6.99. The second-order valence-electron chi connectivity index (χ2n) is 4.25. The third kappa shape index (κ3) is 3.47. The van der Waals surface area contributed by atoms with E-state index in [1.54, 1.807) is 38.5 Å². The molecular formula is C16H15ClO4. The summed E-state index contributed by atoms with van der Waals surface area (Å²) in [6, 6.07) is 10.5. The topological polar surface area (TPSA) is 44.8 Å². The van der Waals surface area contributed by atoms with Crippen LogP contribution in [-0.4, -0.2) is 20.5 Å². The van der Waals surface area contributed by atoms with Gasteiger partial charge >= 0.3 is 0 Å². The Kier molecular flexibility index (Phi) is 5.06. The van der Waals surface area contributed by atoms with E-state index < -0.39 is 0 Å². The third-order valence-electron chi connectivity index (χ3n) is 2.96. The number of aldehydes is 1. The van der Waals surface area contributed by atoms with E-state index in [9.17, 15) is 4.79 Å². The summed E-state index contributed by atoms with van der Waals surface area (Å²) < 4.78 is 16.1. The molecule has 0 bridgehead atoms. The minimum absolute atomic E-state index is 0.269. The Morgan fingerprint density at radius 2 is 1.86 bits per heavy atom. The number of halogens is 1. The van der Waals surface area contributed by atoms with Crippen molar-refractivity contribution in [2.75, 3.05) is 14.2 Å². The summed E-state index contributed by atoms with van der Waals surface area (Å²) in [6.07, 6.45) is 0.718. The van der Waals surface area contributed by atoms with Gasteiger partial charge in [0.25, 0.3) is 0 Å². The highest BCUT2D eigenvalue weighted by Crippen LogP contribution is 2.30. The zero-order valence-corrected chi connectivity index (χ0v) is 12.5. The van der Waals surface area contributed by atoms with E-state index in [0.717, 1.165) is 11.8 Å². The van der Waals surface area contributed by atoms with Crippen LogP contribution in [0.2, 0.25) is 5.02 Å². The smallest absolute Gasteiger partial charge is 0.161 e. The third-order valence-corrected chi connectivity index (χ3v) is 3.25. The van der Waals surface area contributed by atoms with E-state index in [-0.39, 0.29) is 6.61 Å². The maximum Gasteiger partial charge on any atom is 0.161 e. The summed E-state index contributed by atoms with van der Waals surface area (Å²) in [4.78, 5) is 11.0. The van der Waals surface area contributed by atoms with Crippen molar-refractivity contribution in [3.05, 3.63) is 52.5 Å². The van der Waals surface area contributed by atoms with Gasteiger partial charge in [-0.25, -0.2) is 0 Å². The van der Waals surface area contributed by atoms with E-state index in [0.29, 0.717) is 27.8 Å². The molecule has 0 atom stereocenters. The monoisotopic (exact) mass is 306 g/mol. The number of hydrogen-bond donors (Lipinski definition) is 0. The number of para-hydroxylation sites is 1. The molecule has 0 heterocycles. The number of ether oxygens (including phenoxy) is 3. The molecule has 0 saturated heterocycles. The van der Waals surface area contributed by atoms with Crippen LogP contribution in [-0.2, 0) is 6.61 Å². The van der Waals surface area contributed by atoms with E-state index in [2.05, 4.69) is 0 Å². The fourth-order valence-electron chi connectivity index (χ4n) is 1.90. The number of hydrogen-bond acceptors (Lipinski definition) is 4. The number of carbonyl (C=O) groups excluding carboxylic acids is 1. The van der Waals surface area contributed by atoms with E-state index >= 15 is 0 Å². The molecule has 21 heavy (non-hydrogen) atoms. The van der Waals surface area contributed by atoms with Crippen LogP contribution in [0.1, 0.15) is 15.9 Å². The molecule has 0 aliphatic heterocycles. The maximum atomic E-state index is 11.0. The van der Waals surface area contributed by atoms with Gasteiger partial charge < -0.3 is 14.2 Å². The summed E-state index contributed by atoms with van der Waals surface area (Å²) in [5.41, 5.74) is 1.30. The van der Waals surface area contributed by atoms with Crippen molar-refractivity contribution in [3.8, 4) is 17.2 Å². The normalized spacial score (nSPS) is 10.0. The molecule has 0 fully saturated rings. The molecule has 0 aromatic heterocycles. The average molecular weight is 307 g/mol. The molecule has 2 aromatic rings. The van der Waals surface area contributed by atoms with Crippen molar-refractivity contribution in [2.45, 2.75) is 6.61 Å². The second-order valence-corrected chi connectivity index (χ2v) is 4.66. The Balaban J connectivity index is 2.19. The minimum atomic E-state index is 0.269. The van der Waals surface area contributed by atoms with Gasteiger partial charge in [-0.3, -0.25) is 4.79 Å². The van der Waals surface area contributed by atoms with Crippen molar-refractivity contribution >= 4 is 17.9 Å². The highest BCUT2D eigenvalue weighted by atomic mass is 35.5. The number of carbonyl (C=O) groups is 1. The molecule has 0 radical (unpaired) electrons. The lowest BCUT2D eigenvalue weighted by atomic mass is 10.2. The lowest BCUT2D eigenvalue weighted by Gasteiger charge is -2.12. The molecule has 0 aliphatic carbocycles. The van der Waals surface area contributed by atoms with Crippen LogP contribution in [0, 0.1) is 0 Å². The molecule has 0 spiro atoms. The highest BCUT2D eigenvalue weighted by Gasteiger charge is 2.09. The Labute approximate surface area is 128 Å². The zero-order valence-electron chi connectivity index (χ0n) is 11.8. The lowest BCUT2D eigenvalue weighted by molar-refractivity contribution is 0.111. The molecule has 0 aliphatic rings. The van der Waals surface area contributed by atoms with E-state index in [4.69, 9.17) is 25.8 Å². The van der Waals surface area contributed by atoms with E-state index in [1.165, 1.54) is 0 Å². The Hall–Kier alpha value is -2.20. The summed E-state index contributed by atoms with van der Waals surface area (Å²) in [7, 11) is 3.15. The van der Waals surface area contributed by atoms with Crippen molar-refractivity contribution < 1.29 is 19.0 Å². The highest BCUT2D eigenvalue weighted by molar-refractivity contribution is 6.32. The van der Waals surface area contributed by atoms with Crippen molar-refractivity contribution in [2.24, 2.45) is 0 Å². The largest absolute Gasteiger partial charge is 0.493 e. The molecule has 2 rings (SSSR count). The van der Waals surface area contributed by atoms with Crippen LogP contribution >= 0.6 is 11.6 Å². The first-order valence-corrected chi connectivity index (χ1v) is 6.64. The van der Waals surface area contributed by atoms with Crippen LogP contribution < -0.4 is 14.2 Å². The lowest BCUT2D eigenvalue weighted by Crippen LogP contribution is -2.00. The van der Waals surface area contributed by atoms with Gasteiger partial charge in [0.2, 0.25) is 0 Å². The van der Waals surface area contributed by atoms with Gasteiger partial charge in [0.1, 0.15) is 12.4 Å². The number of rotatable bonds is 6. The van der Waals surface area contributed by atoms with Gasteiger partial charge in [-0.1, -0.05) is 23.7 Å². The summed E-state index contributed by atoms with van der Waals surface area (Å²) in [5.74, 6) is 1.64. The number of benzene rings is 2. The Morgan fingerprint density at radius 3 is 2.52 bits per heavy atom. The van der Waals surface area contributed by atoms with Crippen LogP contribution in [0.15, 0.2) is 36.4 Å². The Bertz CT molecular complexity index is 640. The predicted octanol–water partition coefficient (Wildman–Crippen LogP) is 3.75. The minimum Gasteiger partial charge on any atom is -0.493 e. The van der Waals surface area contributed by atoms with Crippen LogP contribution in [0.25, 0.3) is 0 Å². The van der Waals surface area contributed by atoms with Crippen LogP contribution in [0.3, 0.4) is 0 Å².